The highest BCUT2D eigenvalue weighted by Crippen LogP contribution is 2.17. The summed E-state index contributed by atoms with van der Waals surface area (Å²) < 4.78 is 2.43. The lowest BCUT2D eigenvalue weighted by atomic mass is 10.3. The molecule has 0 unspecified atom stereocenters. The lowest BCUT2D eigenvalue weighted by Gasteiger charge is -2.04. The summed E-state index contributed by atoms with van der Waals surface area (Å²) in [6.07, 6.45) is 0.714. The molecule has 2 rings (SSSR count). The number of carboxylic acid groups (broad SMARTS) is 2. The van der Waals surface area contributed by atoms with Gasteiger partial charge in [-0.25, -0.2) is 9.35 Å². The Bertz CT molecular complexity index is 683. The molecule has 0 aromatic carbocycles. The molecule has 0 saturated carbocycles. The molecule has 130 valence electrons. The van der Waals surface area contributed by atoms with Crippen molar-refractivity contribution in [3.8, 4) is 0 Å². The first-order chi connectivity index (χ1) is 11.4. The molecule has 6 N–H and O–H groups in total. The fourth-order valence-electron chi connectivity index (χ4n) is 1.63. The van der Waals surface area contributed by atoms with Gasteiger partial charge in [-0.15, -0.1) is 20.4 Å². The molecule has 14 heteroatoms. The number of nitrogens with zero attached hydrogens (tertiary/aromatic N) is 6. The van der Waals surface area contributed by atoms with E-state index in [0.29, 0.717) is 34.8 Å². The molecular formula is C10H14N8O4S2. The van der Waals surface area contributed by atoms with Gasteiger partial charge in [0.1, 0.15) is 0 Å². The van der Waals surface area contributed by atoms with Crippen molar-refractivity contribution in [2.45, 2.75) is 23.2 Å². The Labute approximate surface area is 143 Å². The molecule has 0 aliphatic heterocycles. The molecule has 0 aliphatic rings. The second kappa shape index (κ2) is 7.87. The maximum absolute atomic E-state index is 10.5. The first-order valence-corrected chi connectivity index (χ1v) is 8.43. The Morgan fingerprint density at radius 1 is 0.833 bits per heavy atom. The number of hydrogen-bond acceptors (Lipinski definition) is 10. The fourth-order valence-corrected chi connectivity index (χ4v) is 2.82. The van der Waals surface area contributed by atoms with Crippen LogP contribution in [0.15, 0.2) is 10.3 Å². The van der Waals surface area contributed by atoms with Crippen molar-refractivity contribution >= 4 is 35.5 Å². The lowest BCUT2D eigenvalue weighted by molar-refractivity contribution is -0.134. The van der Waals surface area contributed by atoms with Crippen molar-refractivity contribution < 1.29 is 19.8 Å². The largest absolute Gasteiger partial charge is 0.481 e. The summed E-state index contributed by atoms with van der Waals surface area (Å²) in [5.41, 5.74) is 0. The number of carboxylic acids is 2. The smallest absolute Gasteiger partial charge is 0.313 e. The third kappa shape index (κ3) is 4.51. The minimum absolute atomic E-state index is 0.170. The zero-order valence-electron chi connectivity index (χ0n) is 12.2. The summed E-state index contributed by atoms with van der Waals surface area (Å²) in [5.74, 6) is 10.2. The Kier molecular flexibility index (Phi) is 5.86. The summed E-state index contributed by atoms with van der Waals surface area (Å²) in [6.45, 7) is 0. The van der Waals surface area contributed by atoms with E-state index in [-0.39, 0.29) is 11.5 Å². The quantitative estimate of drug-likeness (QED) is 0.292. The maximum Gasteiger partial charge on any atom is 0.313 e. The summed E-state index contributed by atoms with van der Waals surface area (Å²) >= 11 is 1.92. The molecule has 2 aromatic heterocycles. The molecule has 12 nitrogen and oxygen atoms in total. The molecule has 0 saturated heterocycles. The van der Waals surface area contributed by atoms with Crippen molar-refractivity contribution in [2.75, 3.05) is 23.2 Å². The number of aryl methyl sites for hydroxylation is 2. The number of hydrogen-bond donors (Lipinski definition) is 4. The average molecular weight is 374 g/mol. The molecule has 2 aromatic rings. The highest BCUT2D eigenvalue weighted by atomic mass is 32.2. The number of nitrogen functional groups attached to an aromatic ring is 2. The van der Waals surface area contributed by atoms with E-state index in [2.05, 4.69) is 20.4 Å². The minimum atomic E-state index is -0.979. The predicted molar refractivity (Wildman–Crippen MR) is 84.5 cm³/mol. The van der Waals surface area contributed by atoms with Gasteiger partial charge in [-0.2, -0.15) is 0 Å². The van der Waals surface area contributed by atoms with E-state index in [1.54, 1.807) is 0 Å². The molecule has 0 spiro atoms. The van der Waals surface area contributed by atoms with Crippen LogP contribution in [-0.4, -0.2) is 63.4 Å². The van der Waals surface area contributed by atoms with Crippen LogP contribution in [0.4, 0.5) is 0 Å². The van der Waals surface area contributed by atoms with E-state index in [9.17, 15) is 9.59 Å². The summed E-state index contributed by atoms with van der Waals surface area (Å²) in [5, 5.41) is 33.3. The molecule has 24 heavy (non-hydrogen) atoms. The molecular weight excluding hydrogens is 360 g/mol. The number of aliphatic carboxylic acids is 2. The lowest BCUT2D eigenvalue weighted by Crippen LogP contribution is -2.18. The Morgan fingerprint density at radius 2 is 1.21 bits per heavy atom. The zero-order valence-corrected chi connectivity index (χ0v) is 13.8. The monoisotopic (exact) mass is 374 g/mol. The van der Waals surface area contributed by atoms with Gasteiger partial charge in [-0.05, 0) is 0 Å². The van der Waals surface area contributed by atoms with Crippen LogP contribution in [0.3, 0.4) is 0 Å². The summed E-state index contributed by atoms with van der Waals surface area (Å²) in [7, 11) is 0. The van der Waals surface area contributed by atoms with E-state index >= 15 is 0 Å². The number of nitrogens with two attached hydrogens (primary N) is 2. The van der Waals surface area contributed by atoms with E-state index < -0.39 is 11.9 Å². The van der Waals surface area contributed by atoms with Crippen molar-refractivity contribution in [1.29, 1.82) is 0 Å². The van der Waals surface area contributed by atoms with Crippen molar-refractivity contribution in [2.24, 2.45) is 0 Å². The molecule has 2 heterocycles. The van der Waals surface area contributed by atoms with Crippen LogP contribution in [0.1, 0.15) is 11.6 Å². The van der Waals surface area contributed by atoms with Crippen LogP contribution in [0.2, 0.25) is 0 Å². The maximum atomic E-state index is 10.5. The van der Waals surface area contributed by atoms with Crippen LogP contribution in [0, 0.1) is 0 Å². The van der Waals surface area contributed by atoms with Gasteiger partial charge in [0.15, 0.2) is 11.6 Å². The van der Waals surface area contributed by atoms with Crippen LogP contribution in [0.5, 0.6) is 0 Å². The fraction of sp³-hybridized carbons (Fsp3) is 0.400. The molecule has 0 fully saturated rings. The molecule has 0 radical (unpaired) electrons. The number of aromatic nitrogens is 6. The van der Waals surface area contributed by atoms with Crippen LogP contribution < -0.4 is 11.7 Å². The Hall–Kier alpha value is -2.48. The van der Waals surface area contributed by atoms with Crippen LogP contribution in [-0.2, 0) is 22.4 Å². The van der Waals surface area contributed by atoms with E-state index in [1.807, 2.05) is 0 Å². The SMILES string of the molecule is Nn1c(CCc2nnc(SCC(=O)O)n2N)nnc1SCC(=O)O. The van der Waals surface area contributed by atoms with E-state index in [4.69, 9.17) is 21.9 Å². The third-order valence-electron chi connectivity index (χ3n) is 2.69. The Balaban J connectivity index is 1.96. The summed E-state index contributed by atoms with van der Waals surface area (Å²) in [6, 6.07) is 0. The average Bonchev–Trinajstić information content (AvgIpc) is 3.04. The number of thioether (sulfide) groups is 2. The molecule has 0 aliphatic carbocycles. The number of rotatable bonds is 9. The van der Waals surface area contributed by atoms with Crippen molar-refractivity contribution in [1.82, 2.24) is 29.7 Å². The van der Waals surface area contributed by atoms with Gasteiger partial charge in [-0.3, -0.25) is 9.59 Å². The first-order valence-electron chi connectivity index (χ1n) is 6.46. The molecule has 0 bridgehead atoms. The van der Waals surface area contributed by atoms with Gasteiger partial charge in [0.05, 0.1) is 11.5 Å². The second-order valence-corrected chi connectivity index (χ2v) is 6.29. The normalized spacial score (nSPS) is 10.8. The zero-order chi connectivity index (χ0) is 17.7. The highest BCUT2D eigenvalue weighted by molar-refractivity contribution is 8.00. The van der Waals surface area contributed by atoms with Crippen LogP contribution >= 0.6 is 23.5 Å². The van der Waals surface area contributed by atoms with Gasteiger partial charge in [0.2, 0.25) is 10.3 Å². The van der Waals surface area contributed by atoms with Crippen molar-refractivity contribution in [3.63, 3.8) is 0 Å². The van der Waals surface area contributed by atoms with Gasteiger partial charge >= 0.3 is 11.9 Å². The highest BCUT2D eigenvalue weighted by Gasteiger charge is 2.15. The molecule has 0 atom stereocenters. The second-order valence-electron chi connectivity index (χ2n) is 4.40. The topological polar surface area (TPSA) is 188 Å². The number of carbonyl (C=O) groups is 2. The van der Waals surface area contributed by atoms with Gasteiger partial charge in [-0.1, -0.05) is 23.5 Å². The van der Waals surface area contributed by atoms with Gasteiger partial charge < -0.3 is 21.9 Å². The molecule has 0 amide bonds. The third-order valence-corrected chi connectivity index (χ3v) is 4.55. The van der Waals surface area contributed by atoms with Gasteiger partial charge in [0.25, 0.3) is 0 Å². The van der Waals surface area contributed by atoms with Gasteiger partial charge in [0, 0.05) is 12.8 Å². The van der Waals surface area contributed by atoms with Crippen molar-refractivity contribution in [3.05, 3.63) is 11.6 Å². The first kappa shape index (κ1) is 17.9. The van der Waals surface area contributed by atoms with E-state index in [0.717, 1.165) is 23.5 Å². The van der Waals surface area contributed by atoms with Crippen LogP contribution in [0.25, 0.3) is 0 Å². The minimum Gasteiger partial charge on any atom is -0.481 e. The predicted octanol–water partition coefficient (Wildman–Crippen LogP) is -1.56. The Morgan fingerprint density at radius 3 is 1.54 bits per heavy atom. The summed E-state index contributed by atoms with van der Waals surface area (Å²) in [4.78, 5) is 21.1. The van der Waals surface area contributed by atoms with E-state index in [1.165, 1.54) is 9.35 Å². The standard InChI is InChI=1S/C10H14N8O4S2/c11-17-5(13-15-9(17)23-3-7(19)20)1-2-6-14-16-10(18(6)12)24-4-8(21)22/h1-4,11-12H2,(H,19,20)(H,21,22).